The quantitative estimate of drug-likeness (QED) is 0.620. The Morgan fingerprint density at radius 2 is 1.78 bits per heavy atom. The number of nitrogens with one attached hydrogen (secondary N) is 2. The molecule has 0 saturated heterocycles. The van der Waals surface area contributed by atoms with Gasteiger partial charge in [0.1, 0.15) is 11.5 Å². The topological polar surface area (TPSA) is 104 Å². The van der Waals surface area contributed by atoms with Crippen molar-refractivity contribution < 1.29 is 19.1 Å². The number of carbonyl (C=O) groups excluding carboxylic acids is 1. The van der Waals surface area contributed by atoms with Crippen molar-refractivity contribution >= 4 is 11.9 Å². The van der Waals surface area contributed by atoms with Gasteiger partial charge in [0.2, 0.25) is 0 Å². The average Bonchev–Trinajstić information content (AvgIpc) is 3.04. The minimum atomic E-state index is -1.13. The fourth-order valence-corrected chi connectivity index (χ4v) is 2.64. The number of rotatable bonds is 6. The van der Waals surface area contributed by atoms with E-state index in [2.05, 4.69) is 10.4 Å². The monoisotopic (exact) mass is 369 g/mol. The van der Waals surface area contributed by atoms with Gasteiger partial charge in [-0.15, -0.1) is 0 Å². The first-order chi connectivity index (χ1) is 12.9. The van der Waals surface area contributed by atoms with Crippen LogP contribution in [-0.4, -0.2) is 26.8 Å². The summed E-state index contributed by atoms with van der Waals surface area (Å²) in [5, 5.41) is 14.4. The van der Waals surface area contributed by atoms with E-state index in [0.717, 1.165) is 6.07 Å². The zero-order valence-corrected chi connectivity index (χ0v) is 14.1. The van der Waals surface area contributed by atoms with E-state index >= 15 is 0 Å². The number of carboxylic acid groups (broad SMARTS) is 1. The minimum absolute atomic E-state index is 0.0126. The Bertz CT molecular complexity index is 1010. The molecular formula is C19H16FN3O4. The molecule has 1 heterocycles. The van der Waals surface area contributed by atoms with Crippen molar-refractivity contribution in [1.82, 2.24) is 15.1 Å². The Hall–Kier alpha value is -3.68. The van der Waals surface area contributed by atoms with E-state index < -0.39 is 29.3 Å². The Morgan fingerprint density at radius 1 is 1.11 bits per heavy atom. The SMILES string of the molecule is O=C(O)CC(NC(=O)c1cc(=O)n(-c2ccccc2)[nH]1)c1ccc(F)cc1. The summed E-state index contributed by atoms with van der Waals surface area (Å²) in [7, 11) is 0. The van der Waals surface area contributed by atoms with Gasteiger partial charge in [0.15, 0.2) is 0 Å². The van der Waals surface area contributed by atoms with E-state index in [4.69, 9.17) is 5.11 Å². The molecule has 3 N–H and O–H groups in total. The van der Waals surface area contributed by atoms with Crippen LogP contribution in [0.3, 0.4) is 0 Å². The highest BCUT2D eigenvalue weighted by Crippen LogP contribution is 2.18. The molecule has 0 saturated carbocycles. The zero-order chi connectivity index (χ0) is 19.4. The number of carboxylic acids is 1. The maximum atomic E-state index is 13.1. The number of benzene rings is 2. The molecule has 0 bridgehead atoms. The molecule has 2 aromatic carbocycles. The van der Waals surface area contributed by atoms with Crippen LogP contribution in [0.4, 0.5) is 4.39 Å². The van der Waals surface area contributed by atoms with Crippen molar-refractivity contribution in [3.05, 3.63) is 88.1 Å². The second-order valence-corrected chi connectivity index (χ2v) is 5.85. The van der Waals surface area contributed by atoms with Crippen molar-refractivity contribution in [3.8, 4) is 5.69 Å². The highest BCUT2D eigenvalue weighted by Gasteiger charge is 2.21. The van der Waals surface area contributed by atoms with Crippen LogP contribution in [0.15, 0.2) is 65.5 Å². The van der Waals surface area contributed by atoms with E-state index in [1.807, 2.05) is 0 Å². The molecule has 1 atom stereocenters. The summed E-state index contributed by atoms with van der Waals surface area (Å²) in [6.45, 7) is 0. The van der Waals surface area contributed by atoms with Gasteiger partial charge in [-0.3, -0.25) is 19.5 Å². The van der Waals surface area contributed by atoms with E-state index in [9.17, 15) is 18.8 Å². The Balaban J connectivity index is 1.85. The molecule has 3 rings (SSSR count). The maximum Gasteiger partial charge on any atom is 0.305 e. The van der Waals surface area contributed by atoms with Gasteiger partial charge in [0.25, 0.3) is 11.5 Å². The average molecular weight is 369 g/mol. The number of aromatic nitrogens is 2. The lowest BCUT2D eigenvalue weighted by Crippen LogP contribution is -2.30. The largest absolute Gasteiger partial charge is 0.481 e. The van der Waals surface area contributed by atoms with Crippen LogP contribution < -0.4 is 10.9 Å². The standard InChI is InChI=1S/C19H16FN3O4/c20-13-8-6-12(7-9-13)15(11-18(25)26)21-19(27)16-10-17(24)23(22-16)14-4-2-1-3-5-14/h1-10,15,22H,11H2,(H,21,27)(H,25,26). The van der Waals surface area contributed by atoms with E-state index in [1.54, 1.807) is 30.3 Å². The second kappa shape index (κ2) is 7.69. The van der Waals surface area contributed by atoms with Gasteiger partial charge in [-0.2, -0.15) is 0 Å². The minimum Gasteiger partial charge on any atom is -0.481 e. The molecule has 0 radical (unpaired) electrons. The summed E-state index contributed by atoms with van der Waals surface area (Å²) < 4.78 is 14.3. The molecule has 138 valence electrons. The van der Waals surface area contributed by atoms with Crippen LogP contribution in [0.2, 0.25) is 0 Å². The molecule has 0 spiro atoms. The molecule has 1 aromatic heterocycles. The summed E-state index contributed by atoms with van der Waals surface area (Å²) in [6, 6.07) is 14.1. The van der Waals surface area contributed by atoms with E-state index in [-0.39, 0.29) is 12.1 Å². The number of para-hydroxylation sites is 1. The van der Waals surface area contributed by atoms with Gasteiger partial charge in [0, 0.05) is 6.07 Å². The van der Waals surface area contributed by atoms with Gasteiger partial charge in [0.05, 0.1) is 18.2 Å². The van der Waals surface area contributed by atoms with E-state index in [0.29, 0.717) is 11.3 Å². The highest BCUT2D eigenvalue weighted by molar-refractivity contribution is 5.92. The number of hydrogen-bond acceptors (Lipinski definition) is 3. The van der Waals surface area contributed by atoms with Crippen LogP contribution in [0.25, 0.3) is 5.69 Å². The normalized spacial score (nSPS) is 11.7. The predicted octanol–water partition coefficient (Wildman–Crippen LogP) is 2.25. The first-order valence-corrected chi connectivity index (χ1v) is 8.09. The number of carbonyl (C=O) groups is 2. The molecule has 0 aliphatic carbocycles. The molecule has 7 nitrogen and oxygen atoms in total. The number of hydrogen-bond donors (Lipinski definition) is 3. The second-order valence-electron chi connectivity index (χ2n) is 5.85. The first kappa shape index (κ1) is 18.1. The number of nitrogens with zero attached hydrogens (tertiary/aromatic N) is 1. The fraction of sp³-hybridized carbons (Fsp3) is 0.105. The summed E-state index contributed by atoms with van der Waals surface area (Å²) in [6.07, 6.45) is -0.388. The first-order valence-electron chi connectivity index (χ1n) is 8.09. The number of H-pyrrole nitrogens is 1. The molecule has 1 unspecified atom stereocenters. The summed E-state index contributed by atoms with van der Waals surface area (Å²) in [5.74, 6) is -2.24. The van der Waals surface area contributed by atoms with Crippen LogP contribution in [0.5, 0.6) is 0 Å². The fourth-order valence-electron chi connectivity index (χ4n) is 2.64. The molecule has 3 aromatic rings. The highest BCUT2D eigenvalue weighted by atomic mass is 19.1. The van der Waals surface area contributed by atoms with Gasteiger partial charge < -0.3 is 10.4 Å². The van der Waals surface area contributed by atoms with E-state index in [1.165, 1.54) is 28.9 Å². The molecule has 0 fully saturated rings. The third-order valence-corrected chi connectivity index (χ3v) is 3.94. The molecule has 27 heavy (non-hydrogen) atoms. The molecular weight excluding hydrogens is 353 g/mol. The Kier molecular flexibility index (Phi) is 5.16. The number of aromatic amines is 1. The lowest BCUT2D eigenvalue weighted by Gasteiger charge is -2.17. The maximum absolute atomic E-state index is 13.1. The van der Waals surface area contributed by atoms with Gasteiger partial charge in [-0.05, 0) is 29.8 Å². The number of halogens is 1. The lowest BCUT2D eigenvalue weighted by molar-refractivity contribution is -0.137. The third-order valence-electron chi connectivity index (χ3n) is 3.94. The van der Waals surface area contributed by atoms with Crippen LogP contribution >= 0.6 is 0 Å². The molecule has 0 aliphatic heterocycles. The lowest BCUT2D eigenvalue weighted by atomic mass is 10.0. The molecule has 8 heteroatoms. The van der Waals surface area contributed by atoms with Crippen LogP contribution in [0.1, 0.15) is 28.5 Å². The third kappa shape index (κ3) is 4.30. The molecule has 1 amide bonds. The van der Waals surface area contributed by atoms with Crippen molar-refractivity contribution in [2.24, 2.45) is 0 Å². The Morgan fingerprint density at radius 3 is 2.41 bits per heavy atom. The smallest absolute Gasteiger partial charge is 0.305 e. The van der Waals surface area contributed by atoms with Crippen LogP contribution in [-0.2, 0) is 4.79 Å². The molecule has 0 aliphatic rings. The van der Waals surface area contributed by atoms with Crippen molar-refractivity contribution in [3.63, 3.8) is 0 Å². The van der Waals surface area contributed by atoms with Crippen molar-refractivity contribution in [2.75, 3.05) is 0 Å². The van der Waals surface area contributed by atoms with Crippen LogP contribution in [0, 0.1) is 5.82 Å². The van der Waals surface area contributed by atoms with Gasteiger partial charge in [-0.1, -0.05) is 30.3 Å². The Labute approximate surface area is 153 Å². The van der Waals surface area contributed by atoms with Crippen molar-refractivity contribution in [2.45, 2.75) is 12.5 Å². The van der Waals surface area contributed by atoms with Crippen molar-refractivity contribution in [1.29, 1.82) is 0 Å². The van der Waals surface area contributed by atoms with Gasteiger partial charge >= 0.3 is 5.97 Å². The summed E-state index contributed by atoms with van der Waals surface area (Å²) >= 11 is 0. The summed E-state index contributed by atoms with van der Waals surface area (Å²) in [4.78, 5) is 35.8. The predicted molar refractivity (Wildman–Crippen MR) is 95.2 cm³/mol. The number of amides is 1. The van der Waals surface area contributed by atoms with Gasteiger partial charge in [-0.25, -0.2) is 9.07 Å². The zero-order valence-electron chi connectivity index (χ0n) is 14.1. The summed E-state index contributed by atoms with van der Waals surface area (Å²) in [5.41, 5.74) is 0.559. The number of aliphatic carboxylic acids is 1.